The Hall–Kier alpha value is -4.25. The van der Waals surface area contributed by atoms with Crippen molar-refractivity contribution >= 4 is 50.6 Å². The molecule has 9 nitrogen and oxygen atoms in total. The zero-order chi connectivity index (χ0) is 25.9. The molecule has 0 radical (unpaired) electrons. The number of hydrogen-bond donors (Lipinski definition) is 4. The molecule has 4 aromatic rings. The Morgan fingerprint density at radius 3 is 2.25 bits per heavy atom. The Labute approximate surface area is 212 Å². The highest BCUT2D eigenvalue weighted by molar-refractivity contribution is 7.89. The molecule has 4 rings (SSSR count). The number of carbonyl (C=O) groups is 2. The monoisotopic (exact) mass is 521 g/mol. The van der Waals surface area contributed by atoms with E-state index in [2.05, 4.69) is 15.6 Å². The fourth-order valence-electron chi connectivity index (χ4n) is 3.45. The number of amides is 2. The van der Waals surface area contributed by atoms with Gasteiger partial charge in [0.2, 0.25) is 10.0 Å². The van der Waals surface area contributed by atoms with Crippen molar-refractivity contribution in [2.24, 2.45) is 5.14 Å². The number of halogens is 1. The minimum atomic E-state index is -3.93. The third-order valence-electron chi connectivity index (χ3n) is 5.16. The third kappa shape index (κ3) is 5.69. The lowest BCUT2D eigenvalue weighted by Crippen LogP contribution is -2.19. The molecule has 0 bridgehead atoms. The van der Waals surface area contributed by atoms with Gasteiger partial charge >= 0.3 is 0 Å². The minimum absolute atomic E-state index is 0.0206. The largest absolute Gasteiger partial charge is 0.399 e. The van der Waals surface area contributed by atoms with Crippen LogP contribution in [0.5, 0.6) is 0 Å². The van der Waals surface area contributed by atoms with E-state index in [-0.39, 0.29) is 27.5 Å². The molecule has 182 valence electrons. The zero-order valence-corrected chi connectivity index (χ0v) is 20.2. The number of anilines is 3. The summed E-state index contributed by atoms with van der Waals surface area (Å²) in [5.41, 5.74) is 7.86. The molecule has 11 heteroatoms. The fourth-order valence-corrected chi connectivity index (χ4v) is 4.32. The van der Waals surface area contributed by atoms with Gasteiger partial charge in [0.15, 0.2) is 0 Å². The standard InChI is InChI=1S/C25H20ClN5O4S/c26-17-9-12-23(29-14-17)31-25(33)20-11-10-18(27)13-21(20)30-24(32)16-7-5-15(6-8-16)19-3-1-2-4-22(19)36(28,34)35/h1-14H,27H2,(H,30,32)(H2,28,34,35)(H,29,31,33). The van der Waals surface area contributed by atoms with E-state index in [1.165, 1.54) is 42.6 Å². The highest BCUT2D eigenvalue weighted by Gasteiger charge is 2.17. The number of nitrogens with zero attached hydrogens (tertiary/aromatic N) is 1. The van der Waals surface area contributed by atoms with Crippen molar-refractivity contribution in [3.05, 3.63) is 101 Å². The van der Waals surface area contributed by atoms with E-state index in [9.17, 15) is 18.0 Å². The lowest BCUT2D eigenvalue weighted by atomic mass is 10.0. The summed E-state index contributed by atoms with van der Waals surface area (Å²) in [5, 5.41) is 11.1. The number of sulfonamides is 1. The predicted octanol–water partition coefficient (Wildman–Crippen LogP) is 4.14. The Morgan fingerprint density at radius 1 is 0.861 bits per heavy atom. The molecule has 6 N–H and O–H groups in total. The fraction of sp³-hybridized carbons (Fsp3) is 0. The van der Waals surface area contributed by atoms with Gasteiger partial charge in [0.05, 0.1) is 21.2 Å². The first-order valence-corrected chi connectivity index (χ1v) is 12.4. The second-order valence-electron chi connectivity index (χ2n) is 7.69. The molecule has 3 aromatic carbocycles. The van der Waals surface area contributed by atoms with Crippen LogP contribution < -0.4 is 21.5 Å². The van der Waals surface area contributed by atoms with Crippen molar-refractivity contribution in [2.45, 2.75) is 4.90 Å². The maximum Gasteiger partial charge on any atom is 0.258 e. The van der Waals surface area contributed by atoms with Gasteiger partial charge < -0.3 is 16.4 Å². The lowest BCUT2D eigenvalue weighted by Gasteiger charge is -2.13. The van der Waals surface area contributed by atoms with Crippen molar-refractivity contribution in [3.63, 3.8) is 0 Å². The number of nitrogens with one attached hydrogen (secondary N) is 2. The summed E-state index contributed by atoms with van der Waals surface area (Å²) in [6.07, 6.45) is 1.40. The molecular weight excluding hydrogens is 502 g/mol. The summed E-state index contributed by atoms with van der Waals surface area (Å²) in [6, 6.07) is 20.2. The molecule has 0 atom stereocenters. The van der Waals surface area contributed by atoms with Crippen molar-refractivity contribution in [1.82, 2.24) is 4.98 Å². The molecule has 0 spiro atoms. The first kappa shape index (κ1) is 24.9. The molecule has 1 heterocycles. The number of primary sulfonamides is 1. The smallest absolute Gasteiger partial charge is 0.258 e. The first-order chi connectivity index (χ1) is 17.1. The molecule has 0 aliphatic rings. The number of hydrogen-bond acceptors (Lipinski definition) is 6. The van der Waals surface area contributed by atoms with Crippen molar-refractivity contribution < 1.29 is 18.0 Å². The predicted molar refractivity (Wildman–Crippen MR) is 139 cm³/mol. The van der Waals surface area contributed by atoms with Gasteiger partial charge in [-0.15, -0.1) is 0 Å². The highest BCUT2D eigenvalue weighted by atomic mass is 35.5. The molecule has 1 aromatic heterocycles. The number of rotatable bonds is 6. The average molecular weight is 522 g/mol. The van der Waals surface area contributed by atoms with E-state index in [4.69, 9.17) is 22.5 Å². The quantitative estimate of drug-likeness (QED) is 0.279. The van der Waals surface area contributed by atoms with Crippen LogP contribution in [-0.4, -0.2) is 25.2 Å². The van der Waals surface area contributed by atoms with Crippen LogP contribution in [0.15, 0.2) is 90.0 Å². The second kappa shape index (κ2) is 10.2. The van der Waals surface area contributed by atoms with Crippen LogP contribution in [0, 0.1) is 0 Å². The minimum Gasteiger partial charge on any atom is -0.399 e. The number of aromatic nitrogens is 1. The number of carbonyl (C=O) groups excluding carboxylic acids is 2. The van der Waals surface area contributed by atoms with Gasteiger partial charge in [0.1, 0.15) is 5.82 Å². The molecule has 0 fully saturated rings. The van der Waals surface area contributed by atoms with Crippen molar-refractivity contribution in [3.8, 4) is 11.1 Å². The van der Waals surface area contributed by atoms with Crippen LogP contribution in [0.1, 0.15) is 20.7 Å². The molecule has 0 unspecified atom stereocenters. The number of benzene rings is 3. The summed E-state index contributed by atoms with van der Waals surface area (Å²) >= 11 is 5.83. The Morgan fingerprint density at radius 2 is 1.58 bits per heavy atom. The van der Waals surface area contributed by atoms with Crippen molar-refractivity contribution in [1.29, 1.82) is 0 Å². The number of nitrogen functional groups attached to an aromatic ring is 1. The van der Waals surface area contributed by atoms with E-state index >= 15 is 0 Å². The lowest BCUT2D eigenvalue weighted by molar-refractivity contribution is 0.102. The van der Waals surface area contributed by atoms with Gasteiger partial charge in [-0.3, -0.25) is 9.59 Å². The molecule has 0 aliphatic heterocycles. The van der Waals surface area contributed by atoms with Crippen molar-refractivity contribution in [2.75, 3.05) is 16.4 Å². The van der Waals surface area contributed by atoms with Gasteiger partial charge in [-0.1, -0.05) is 41.9 Å². The highest BCUT2D eigenvalue weighted by Crippen LogP contribution is 2.27. The summed E-state index contributed by atoms with van der Waals surface area (Å²) in [6.45, 7) is 0. The summed E-state index contributed by atoms with van der Waals surface area (Å²) in [4.78, 5) is 29.8. The zero-order valence-electron chi connectivity index (χ0n) is 18.6. The van der Waals surface area contributed by atoms with Crippen LogP contribution in [0.25, 0.3) is 11.1 Å². The van der Waals surface area contributed by atoms with Gasteiger partial charge in [0, 0.05) is 23.0 Å². The molecule has 0 saturated carbocycles. The summed E-state index contributed by atoms with van der Waals surface area (Å²) < 4.78 is 23.8. The van der Waals surface area contributed by atoms with Crippen LogP contribution >= 0.6 is 11.6 Å². The van der Waals surface area contributed by atoms with Crippen LogP contribution in [0.4, 0.5) is 17.2 Å². The van der Waals surface area contributed by atoms with E-state index in [1.54, 1.807) is 42.5 Å². The van der Waals surface area contributed by atoms with Gasteiger partial charge in [-0.2, -0.15) is 0 Å². The SMILES string of the molecule is Nc1ccc(C(=O)Nc2ccc(Cl)cn2)c(NC(=O)c2ccc(-c3ccccc3S(N)(=O)=O)cc2)c1. The van der Waals surface area contributed by atoms with Crippen LogP contribution in [0.2, 0.25) is 5.02 Å². The van der Waals surface area contributed by atoms with Crippen LogP contribution in [0.3, 0.4) is 0 Å². The maximum atomic E-state index is 12.9. The molecule has 2 amide bonds. The number of nitrogens with two attached hydrogens (primary N) is 2. The van der Waals surface area contributed by atoms with Gasteiger partial charge in [0.25, 0.3) is 11.8 Å². The average Bonchev–Trinajstić information content (AvgIpc) is 2.85. The summed E-state index contributed by atoms with van der Waals surface area (Å²) in [7, 11) is -3.93. The molecule has 0 saturated heterocycles. The Bertz CT molecular complexity index is 1560. The maximum absolute atomic E-state index is 12.9. The van der Waals surface area contributed by atoms with E-state index in [0.717, 1.165) is 0 Å². The first-order valence-electron chi connectivity index (χ1n) is 10.5. The van der Waals surface area contributed by atoms with Gasteiger partial charge in [-0.05, 0) is 54.1 Å². The molecular formula is C25H20ClN5O4S. The Kier molecular flexibility index (Phi) is 7.02. The van der Waals surface area contributed by atoms with Gasteiger partial charge in [-0.25, -0.2) is 18.5 Å². The van der Waals surface area contributed by atoms with E-state index in [0.29, 0.717) is 21.8 Å². The second-order valence-corrected chi connectivity index (χ2v) is 9.66. The molecule has 0 aliphatic carbocycles. The Balaban J connectivity index is 1.57. The number of pyridine rings is 1. The van der Waals surface area contributed by atoms with E-state index < -0.39 is 21.8 Å². The van der Waals surface area contributed by atoms with Crippen LogP contribution in [-0.2, 0) is 10.0 Å². The normalized spacial score (nSPS) is 11.1. The molecule has 36 heavy (non-hydrogen) atoms. The van der Waals surface area contributed by atoms with E-state index in [1.807, 2.05) is 0 Å². The summed E-state index contributed by atoms with van der Waals surface area (Å²) in [5.74, 6) is -0.713. The third-order valence-corrected chi connectivity index (χ3v) is 6.35. The topological polar surface area (TPSA) is 157 Å².